The highest BCUT2D eigenvalue weighted by atomic mass is 16.5. The second-order valence-corrected chi connectivity index (χ2v) is 9.26. The Kier molecular flexibility index (Phi) is 5.62. The van der Waals surface area contributed by atoms with E-state index in [-0.39, 0.29) is 24.0 Å². The van der Waals surface area contributed by atoms with Gasteiger partial charge in [-0.3, -0.25) is 9.59 Å². The third-order valence-corrected chi connectivity index (χ3v) is 6.59. The van der Waals surface area contributed by atoms with Gasteiger partial charge in [0.05, 0.1) is 31.6 Å². The van der Waals surface area contributed by atoms with E-state index in [2.05, 4.69) is 19.2 Å². The van der Waals surface area contributed by atoms with Crippen molar-refractivity contribution in [1.29, 1.82) is 0 Å². The Morgan fingerprint density at radius 1 is 1.27 bits per heavy atom. The number of nitrogens with one attached hydrogen (secondary N) is 1. The molecule has 1 aromatic carbocycles. The number of carbonyl (C=O) groups excluding carboxylic acids is 2. The van der Waals surface area contributed by atoms with Crippen molar-refractivity contribution in [2.45, 2.75) is 57.8 Å². The van der Waals surface area contributed by atoms with Crippen LogP contribution in [0.4, 0.5) is 5.69 Å². The number of amides is 2. The van der Waals surface area contributed by atoms with Crippen LogP contribution in [0, 0.1) is 17.8 Å². The van der Waals surface area contributed by atoms with Crippen molar-refractivity contribution in [1.82, 2.24) is 5.32 Å². The Bertz CT molecular complexity index is 834. The van der Waals surface area contributed by atoms with E-state index in [1.807, 2.05) is 43.3 Å². The number of ether oxygens (including phenoxy) is 2. The zero-order valence-corrected chi connectivity index (χ0v) is 18.3. The van der Waals surface area contributed by atoms with E-state index >= 15 is 0 Å². The van der Waals surface area contributed by atoms with Crippen molar-refractivity contribution in [3.8, 4) is 5.75 Å². The first-order chi connectivity index (χ1) is 14.3. The second-order valence-electron chi connectivity index (χ2n) is 9.26. The van der Waals surface area contributed by atoms with Crippen LogP contribution in [0.15, 0.2) is 36.4 Å². The fourth-order valence-electron chi connectivity index (χ4n) is 5.02. The third kappa shape index (κ3) is 3.62. The van der Waals surface area contributed by atoms with Gasteiger partial charge in [-0.25, -0.2) is 0 Å². The molecule has 5 atom stereocenters. The highest BCUT2D eigenvalue weighted by Gasteiger charge is 2.67. The first-order valence-electron chi connectivity index (χ1n) is 11.0. The van der Waals surface area contributed by atoms with Gasteiger partial charge in [-0.15, -0.1) is 0 Å². The van der Waals surface area contributed by atoms with Crippen molar-refractivity contribution in [3.05, 3.63) is 36.4 Å². The smallest absolute Gasteiger partial charge is 0.234 e. The third-order valence-electron chi connectivity index (χ3n) is 6.59. The molecule has 162 valence electrons. The molecule has 0 aliphatic carbocycles. The molecule has 1 aromatic rings. The molecule has 3 heterocycles. The first-order valence-corrected chi connectivity index (χ1v) is 11.0. The standard InChI is InChI=1S/C24H32N2O4/c1-15(2)6-5-7-16(3)25-22(27)20-19-12-13-24(30-19)14-26(23(28)21(20)24)17-8-10-18(29-4)11-9-17/h8-13,15-16,19-21H,5-7,14H2,1-4H3,(H,25,27)/t16?,19?,20?,21?,24-/m0/s1. The van der Waals surface area contributed by atoms with Crippen molar-refractivity contribution in [3.63, 3.8) is 0 Å². The number of nitrogens with zero attached hydrogens (tertiary/aromatic N) is 1. The average Bonchev–Trinajstić information content (AvgIpc) is 3.36. The summed E-state index contributed by atoms with van der Waals surface area (Å²) in [7, 11) is 1.61. The number of benzene rings is 1. The van der Waals surface area contributed by atoms with Crippen LogP contribution < -0.4 is 15.0 Å². The number of rotatable bonds is 8. The predicted octanol–water partition coefficient (Wildman–Crippen LogP) is 3.31. The van der Waals surface area contributed by atoms with Crippen LogP contribution in [-0.4, -0.2) is 43.2 Å². The fraction of sp³-hybridized carbons (Fsp3) is 0.583. The molecule has 2 saturated heterocycles. The highest BCUT2D eigenvalue weighted by molar-refractivity contribution is 6.03. The summed E-state index contributed by atoms with van der Waals surface area (Å²) in [6.07, 6.45) is 6.80. The lowest BCUT2D eigenvalue weighted by molar-refractivity contribution is -0.132. The Labute approximate surface area is 178 Å². The zero-order chi connectivity index (χ0) is 21.5. The molecule has 0 aromatic heterocycles. The van der Waals surface area contributed by atoms with E-state index < -0.39 is 17.4 Å². The van der Waals surface area contributed by atoms with E-state index in [1.54, 1.807) is 12.0 Å². The van der Waals surface area contributed by atoms with Crippen molar-refractivity contribution < 1.29 is 19.1 Å². The van der Waals surface area contributed by atoms with E-state index in [0.29, 0.717) is 12.5 Å². The van der Waals surface area contributed by atoms with E-state index in [4.69, 9.17) is 9.47 Å². The normalized spacial score (nSPS) is 30.1. The van der Waals surface area contributed by atoms with Crippen LogP contribution >= 0.6 is 0 Å². The Hall–Kier alpha value is -2.34. The summed E-state index contributed by atoms with van der Waals surface area (Å²) in [6.45, 7) is 6.89. The molecule has 30 heavy (non-hydrogen) atoms. The minimum Gasteiger partial charge on any atom is -0.497 e. The Morgan fingerprint density at radius 3 is 2.67 bits per heavy atom. The van der Waals surface area contributed by atoms with Gasteiger partial charge in [-0.05, 0) is 43.5 Å². The largest absolute Gasteiger partial charge is 0.497 e. The van der Waals surface area contributed by atoms with Crippen LogP contribution in [0.1, 0.15) is 40.0 Å². The van der Waals surface area contributed by atoms with Crippen molar-refractivity contribution in [2.75, 3.05) is 18.6 Å². The summed E-state index contributed by atoms with van der Waals surface area (Å²) in [5.74, 6) is 0.343. The van der Waals surface area contributed by atoms with Crippen LogP contribution in [-0.2, 0) is 14.3 Å². The molecule has 4 rings (SSSR count). The quantitative estimate of drug-likeness (QED) is 0.665. The maximum atomic E-state index is 13.4. The predicted molar refractivity (Wildman–Crippen MR) is 115 cm³/mol. The molecule has 1 spiro atoms. The molecule has 0 saturated carbocycles. The van der Waals surface area contributed by atoms with Gasteiger partial charge in [0.25, 0.3) is 0 Å². The van der Waals surface area contributed by atoms with Gasteiger partial charge in [-0.2, -0.15) is 0 Å². The lowest BCUT2D eigenvalue weighted by Gasteiger charge is -2.25. The van der Waals surface area contributed by atoms with E-state index in [9.17, 15) is 9.59 Å². The summed E-state index contributed by atoms with van der Waals surface area (Å²) in [4.78, 5) is 28.3. The van der Waals surface area contributed by atoms with Gasteiger partial charge in [-0.1, -0.05) is 38.8 Å². The van der Waals surface area contributed by atoms with E-state index in [0.717, 1.165) is 30.7 Å². The molecule has 2 amide bonds. The molecule has 2 fully saturated rings. The molecule has 3 aliphatic rings. The summed E-state index contributed by atoms with van der Waals surface area (Å²) in [5, 5.41) is 3.14. The molecule has 2 bridgehead atoms. The zero-order valence-electron chi connectivity index (χ0n) is 18.3. The molecule has 0 radical (unpaired) electrons. The molecule has 3 aliphatic heterocycles. The number of methoxy groups -OCH3 is 1. The molecular weight excluding hydrogens is 380 g/mol. The summed E-state index contributed by atoms with van der Waals surface area (Å²) in [6, 6.07) is 7.51. The molecule has 6 heteroatoms. The first kappa shape index (κ1) is 20.9. The summed E-state index contributed by atoms with van der Waals surface area (Å²) >= 11 is 0. The lowest BCUT2D eigenvalue weighted by Crippen LogP contribution is -2.46. The van der Waals surface area contributed by atoms with Gasteiger partial charge in [0.2, 0.25) is 11.8 Å². The van der Waals surface area contributed by atoms with Crippen LogP contribution in [0.25, 0.3) is 0 Å². The van der Waals surface area contributed by atoms with Crippen LogP contribution in [0.2, 0.25) is 0 Å². The highest BCUT2D eigenvalue weighted by Crippen LogP contribution is 2.52. The van der Waals surface area contributed by atoms with Crippen LogP contribution in [0.3, 0.4) is 0 Å². The number of hydrogen-bond acceptors (Lipinski definition) is 4. The molecule has 6 nitrogen and oxygen atoms in total. The van der Waals surface area contributed by atoms with E-state index in [1.165, 1.54) is 0 Å². The fourth-order valence-corrected chi connectivity index (χ4v) is 5.02. The van der Waals surface area contributed by atoms with Gasteiger partial charge < -0.3 is 19.7 Å². The Morgan fingerprint density at radius 2 is 2.00 bits per heavy atom. The lowest BCUT2D eigenvalue weighted by atomic mass is 9.76. The molecular formula is C24H32N2O4. The topological polar surface area (TPSA) is 67.9 Å². The van der Waals surface area contributed by atoms with Gasteiger partial charge >= 0.3 is 0 Å². The summed E-state index contributed by atoms with van der Waals surface area (Å²) in [5.41, 5.74) is 0.0936. The second kappa shape index (κ2) is 8.06. The number of hydrogen-bond donors (Lipinski definition) is 1. The number of anilines is 1. The maximum absolute atomic E-state index is 13.4. The molecule has 4 unspecified atom stereocenters. The molecule has 1 N–H and O–H groups in total. The minimum absolute atomic E-state index is 0.0420. The van der Waals surface area contributed by atoms with Gasteiger partial charge in [0, 0.05) is 11.7 Å². The van der Waals surface area contributed by atoms with Crippen molar-refractivity contribution in [2.24, 2.45) is 17.8 Å². The SMILES string of the molecule is COc1ccc(N2C[C@]34C=CC(O3)C(C(=O)NC(C)CCCC(C)C)C4C2=O)cc1. The summed E-state index contributed by atoms with van der Waals surface area (Å²) < 4.78 is 11.4. The van der Waals surface area contributed by atoms with Gasteiger partial charge in [0.1, 0.15) is 11.4 Å². The monoisotopic (exact) mass is 412 g/mol. The maximum Gasteiger partial charge on any atom is 0.234 e. The number of carbonyl (C=O) groups is 2. The van der Waals surface area contributed by atoms with Gasteiger partial charge in [0.15, 0.2) is 0 Å². The van der Waals surface area contributed by atoms with Crippen LogP contribution in [0.5, 0.6) is 5.75 Å². The Balaban J connectivity index is 1.47. The number of fused-ring (bicyclic) bond motifs is 1. The van der Waals surface area contributed by atoms with Crippen molar-refractivity contribution >= 4 is 17.5 Å². The minimum atomic E-state index is -0.704. The average molecular weight is 413 g/mol.